The van der Waals surface area contributed by atoms with Gasteiger partial charge in [0.25, 0.3) is 6.01 Å². The highest BCUT2D eigenvalue weighted by molar-refractivity contribution is 5.78. The minimum Gasteiger partial charge on any atom is -0.423 e. The number of oxazole rings is 1. The zero-order chi connectivity index (χ0) is 14.3. The van der Waals surface area contributed by atoms with Crippen molar-refractivity contribution >= 4 is 28.5 Å². The van der Waals surface area contributed by atoms with E-state index >= 15 is 0 Å². The Balaban J connectivity index is 1.99. The molecule has 3 N–H and O–H groups in total. The fraction of sp³-hybridized carbons (Fsp3) is 0.0714. The number of fused-ring (bicyclic) bond motifs is 1. The first-order valence-electron chi connectivity index (χ1n) is 5.91. The summed E-state index contributed by atoms with van der Waals surface area (Å²) in [4.78, 5) is 4.12. The Morgan fingerprint density at radius 2 is 1.95 bits per heavy atom. The van der Waals surface area contributed by atoms with Crippen molar-refractivity contribution in [3.8, 4) is 0 Å². The lowest BCUT2D eigenvalue weighted by molar-refractivity contribution is 0.590. The van der Waals surface area contributed by atoms with Crippen LogP contribution in [0.5, 0.6) is 0 Å². The average Bonchev–Trinajstić information content (AvgIpc) is 2.77. The van der Waals surface area contributed by atoms with Gasteiger partial charge in [-0.2, -0.15) is 4.98 Å². The highest BCUT2D eigenvalue weighted by Gasteiger charge is 2.11. The molecule has 0 bridgehead atoms. The third-order valence-corrected chi connectivity index (χ3v) is 2.90. The number of halogens is 2. The number of nitrogens with one attached hydrogen (secondary N) is 1. The number of anilines is 3. The van der Waals surface area contributed by atoms with Gasteiger partial charge in [0.05, 0.1) is 5.69 Å². The molecule has 0 aliphatic carbocycles. The minimum absolute atomic E-state index is 0.0346. The van der Waals surface area contributed by atoms with Crippen LogP contribution in [-0.2, 0) is 0 Å². The van der Waals surface area contributed by atoms with Gasteiger partial charge in [-0.05, 0) is 36.8 Å². The molecule has 0 radical (unpaired) electrons. The van der Waals surface area contributed by atoms with Gasteiger partial charge in [-0.25, -0.2) is 8.78 Å². The van der Waals surface area contributed by atoms with Crippen LogP contribution in [0.15, 0.2) is 34.7 Å². The van der Waals surface area contributed by atoms with Gasteiger partial charge in [0.15, 0.2) is 5.58 Å². The van der Waals surface area contributed by atoms with E-state index in [1.807, 2.05) is 0 Å². The summed E-state index contributed by atoms with van der Waals surface area (Å²) >= 11 is 0. The van der Waals surface area contributed by atoms with Crippen molar-refractivity contribution in [1.82, 2.24) is 4.98 Å². The van der Waals surface area contributed by atoms with Crippen LogP contribution in [0.1, 0.15) is 5.56 Å². The monoisotopic (exact) mass is 275 g/mol. The number of rotatable bonds is 2. The number of hydrogen-bond donors (Lipinski definition) is 2. The van der Waals surface area contributed by atoms with Gasteiger partial charge in [-0.15, -0.1) is 0 Å². The molecule has 0 aliphatic heterocycles. The molecule has 0 amide bonds. The molecule has 0 fully saturated rings. The number of aryl methyl sites for hydroxylation is 1. The van der Waals surface area contributed by atoms with Gasteiger partial charge in [-0.1, -0.05) is 0 Å². The molecule has 0 saturated heterocycles. The first kappa shape index (κ1) is 12.4. The smallest absolute Gasteiger partial charge is 0.300 e. The van der Waals surface area contributed by atoms with Gasteiger partial charge >= 0.3 is 0 Å². The Morgan fingerprint density at radius 1 is 1.15 bits per heavy atom. The fourth-order valence-corrected chi connectivity index (χ4v) is 1.86. The third-order valence-electron chi connectivity index (χ3n) is 2.90. The number of nitrogens with two attached hydrogens (primary N) is 1. The van der Waals surface area contributed by atoms with Crippen molar-refractivity contribution in [3.05, 3.63) is 47.5 Å². The molecule has 20 heavy (non-hydrogen) atoms. The second-order valence-electron chi connectivity index (χ2n) is 4.45. The summed E-state index contributed by atoms with van der Waals surface area (Å²) < 4.78 is 32.5. The van der Waals surface area contributed by atoms with Crippen LogP contribution in [0.3, 0.4) is 0 Å². The van der Waals surface area contributed by atoms with Crippen LogP contribution in [0, 0.1) is 18.6 Å². The van der Waals surface area contributed by atoms with Crippen LogP contribution in [0.2, 0.25) is 0 Å². The Kier molecular flexibility index (Phi) is 2.78. The first-order chi connectivity index (χ1) is 9.52. The molecule has 3 rings (SSSR count). The maximum Gasteiger partial charge on any atom is 0.300 e. The molecule has 0 spiro atoms. The van der Waals surface area contributed by atoms with E-state index in [1.54, 1.807) is 18.2 Å². The van der Waals surface area contributed by atoms with Crippen LogP contribution in [-0.4, -0.2) is 4.98 Å². The molecule has 4 nitrogen and oxygen atoms in total. The van der Waals surface area contributed by atoms with Gasteiger partial charge in [0.2, 0.25) is 0 Å². The normalized spacial score (nSPS) is 10.9. The zero-order valence-electron chi connectivity index (χ0n) is 10.6. The molecule has 0 atom stereocenters. The third kappa shape index (κ3) is 2.16. The Hall–Kier alpha value is -2.63. The maximum absolute atomic E-state index is 13.7. The standard InChI is InChI=1S/C14H11F2N3O/c1-7-4-10(16)11(6-9(7)15)18-14-19-12-5-8(17)2-3-13(12)20-14/h2-6H,17H2,1H3,(H,18,19). The molecular formula is C14H11F2N3O. The summed E-state index contributed by atoms with van der Waals surface area (Å²) in [5.41, 5.74) is 7.43. The second kappa shape index (κ2) is 4.48. The lowest BCUT2D eigenvalue weighted by Crippen LogP contribution is -1.96. The summed E-state index contributed by atoms with van der Waals surface area (Å²) in [7, 11) is 0. The predicted octanol–water partition coefficient (Wildman–Crippen LogP) is 3.74. The van der Waals surface area contributed by atoms with E-state index in [2.05, 4.69) is 10.3 Å². The molecule has 1 heterocycles. The number of aromatic nitrogens is 1. The highest BCUT2D eigenvalue weighted by atomic mass is 19.1. The lowest BCUT2D eigenvalue weighted by Gasteiger charge is -2.05. The molecule has 6 heteroatoms. The summed E-state index contributed by atoms with van der Waals surface area (Å²) in [6.45, 7) is 1.49. The van der Waals surface area contributed by atoms with E-state index in [9.17, 15) is 8.78 Å². The number of hydrogen-bond acceptors (Lipinski definition) is 4. The Labute approximate surface area is 113 Å². The van der Waals surface area contributed by atoms with Crippen molar-refractivity contribution in [3.63, 3.8) is 0 Å². The van der Waals surface area contributed by atoms with Gasteiger partial charge < -0.3 is 15.5 Å². The van der Waals surface area contributed by atoms with Crippen molar-refractivity contribution in [2.75, 3.05) is 11.1 Å². The zero-order valence-corrected chi connectivity index (χ0v) is 10.6. The minimum atomic E-state index is -0.578. The topological polar surface area (TPSA) is 64.1 Å². The Morgan fingerprint density at radius 3 is 2.75 bits per heavy atom. The molecular weight excluding hydrogens is 264 g/mol. The van der Waals surface area contributed by atoms with Crippen molar-refractivity contribution < 1.29 is 13.2 Å². The lowest BCUT2D eigenvalue weighted by atomic mass is 10.2. The number of nitrogen functional groups attached to an aromatic ring is 1. The molecule has 1 aromatic heterocycles. The van der Waals surface area contributed by atoms with E-state index in [-0.39, 0.29) is 17.3 Å². The molecule has 0 saturated carbocycles. The van der Waals surface area contributed by atoms with E-state index in [0.29, 0.717) is 16.8 Å². The molecule has 0 aliphatic rings. The van der Waals surface area contributed by atoms with Crippen molar-refractivity contribution in [1.29, 1.82) is 0 Å². The van der Waals surface area contributed by atoms with E-state index in [0.717, 1.165) is 12.1 Å². The van der Waals surface area contributed by atoms with Crippen molar-refractivity contribution in [2.45, 2.75) is 6.92 Å². The quantitative estimate of drug-likeness (QED) is 0.699. The SMILES string of the molecule is Cc1cc(F)c(Nc2nc3cc(N)ccc3o2)cc1F. The van der Waals surface area contributed by atoms with Crippen LogP contribution < -0.4 is 11.1 Å². The summed E-state index contributed by atoms with van der Waals surface area (Å²) in [5.74, 6) is -1.08. The molecule has 102 valence electrons. The van der Waals surface area contributed by atoms with Crippen LogP contribution in [0.25, 0.3) is 11.1 Å². The predicted molar refractivity (Wildman–Crippen MR) is 72.8 cm³/mol. The summed E-state index contributed by atoms with van der Waals surface area (Å²) in [6, 6.07) is 7.22. The van der Waals surface area contributed by atoms with E-state index in [4.69, 9.17) is 10.2 Å². The summed E-state index contributed by atoms with van der Waals surface area (Å²) in [6.07, 6.45) is 0. The average molecular weight is 275 g/mol. The van der Waals surface area contributed by atoms with E-state index < -0.39 is 11.6 Å². The molecule has 2 aromatic carbocycles. The summed E-state index contributed by atoms with van der Waals surface area (Å²) in [5, 5.41) is 2.62. The first-order valence-corrected chi connectivity index (χ1v) is 5.91. The molecule has 3 aromatic rings. The maximum atomic E-state index is 13.7. The van der Waals surface area contributed by atoms with Crippen LogP contribution >= 0.6 is 0 Å². The highest BCUT2D eigenvalue weighted by Crippen LogP contribution is 2.26. The van der Waals surface area contributed by atoms with E-state index in [1.165, 1.54) is 6.92 Å². The van der Waals surface area contributed by atoms with Crippen LogP contribution in [0.4, 0.5) is 26.2 Å². The number of nitrogens with zero attached hydrogens (tertiary/aromatic N) is 1. The van der Waals surface area contributed by atoms with Gasteiger partial charge in [-0.3, -0.25) is 0 Å². The Bertz CT molecular complexity index is 798. The number of benzene rings is 2. The second-order valence-corrected chi connectivity index (χ2v) is 4.45. The van der Waals surface area contributed by atoms with Gasteiger partial charge in [0.1, 0.15) is 17.2 Å². The fourth-order valence-electron chi connectivity index (χ4n) is 1.86. The van der Waals surface area contributed by atoms with Crippen molar-refractivity contribution in [2.24, 2.45) is 0 Å². The molecule has 0 unspecified atom stereocenters. The largest absolute Gasteiger partial charge is 0.423 e. The van der Waals surface area contributed by atoms with Gasteiger partial charge in [0, 0.05) is 11.8 Å².